The normalized spacial score (nSPS) is 15.1. The van der Waals surface area contributed by atoms with Crippen LogP contribution in [0.5, 0.6) is 5.75 Å². The number of pyridine rings is 1. The van der Waals surface area contributed by atoms with Gasteiger partial charge in [0.1, 0.15) is 11.4 Å². The number of nitrogens with zero attached hydrogens (tertiary/aromatic N) is 3. The van der Waals surface area contributed by atoms with Crippen LogP contribution in [0, 0.1) is 0 Å². The zero-order chi connectivity index (χ0) is 26.8. The number of carbonyl (C=O) groups excluding carboxylic acids is 2. The van der Waals surface area contributed by atoms with Gasteiger partial charge >= 0.3 is 6.03 Å². The number of aliphatic hydroxyl groups excluding tert-OH is 1. The molecule has 1 atom stereocenters. The number of H-pyrrole nitrogens is 1. The van der Waals surface area contributed by atoms with Crippen LogP contribution >= 0.6 is 0 Å². The average molecular weight is 514 g/mol. The largest absolute Gasteiger partial charge is 0.496 e. The van der Waals surface area contributed by atoms with E-state index in [1.165, 1.54) is 4.90 Å². The van der Waals surface area contributed by atoms with E-state index in [9.17, 15) is 14.7 Å². The number of amides is 3. The summed E-state index contributed by atoms with van der Waals surface area (Å²) in [5.41, 5.74) is 5.08. The Morgan fingerprint density at radius 1 is 1.16 bits per heavy atom. The first kappa shape index (κ1) is 25.3. The number of hydrogen-bond acceptors (Lipinski definition) is 5. The van der Waals surface area contributed by atoms with Crippen LogP contribution < -0.4 is 10.1 Å². The maximum atomic E-state index is 13.1. The van der Waals surface area contributed by atoms with Crippen molar-refractivity contribution in [1.82, 2.24) is 19.8 Å². The molecule has 2 aromatic carbocycles. The van der Waals surface area contributed by atoms with Gasteiger partial charge in [-0.2, -0.15) is 0 Å². The number of benzene rings is 2. The molecule has 38 heavy (non-hydrogen) atoms. The standard InChI is InChI=1S/C29H31N5O4/c1-33(2)28(36)23-13-18(10-11-25(23)32-29(37)34-12-6-7-20(34)17-35)19-14-22-24(16-31-27(22)30-15-19)21-8-4-5-9-26(21)38-3/h4-5,8-11,13-16,20,35H,6-7,12,17H2,1-3H3,(H,30,31)(H,32,37)/t20-/m0/s1. The van der Waals surface area contributed by atoms with Crippen molar-refractivity contribution in [2.75, 3.05) is 39.7 Å². The van der Waals surface area contributed by atoms with Crippen LogP contribution in [0.3, 0.4) is 0 Å². The van der Waals surface area contributed by atoms with Crippen LogP contribution in [-0.2, 0) is 0 Å². The Morgan fingerprint density at radius 3 is 2.74 bits per heavy atom. The van der Waals surface area contributed by atoms with Gasteiger partial charge in [0, 0.05) is 55.1 Å². The number of nitrogens with one attached hydrogen (secondary N) is 2. The SMILES string of the molecule is COc1ccccc1-c1c[nH]c2ncc(-c3ccc(NC(=O)N4CCC[C@H]4CO)c(C(=O)N(C)C)c3)cc12. The van der Waals surface area contributed by atoms with Crippen molar-refractivity contribution in [1.29, 1.82) is 0 Å². The monoisotopic (exact) mass is 513 g/mol. The zero-order valence-corrected chi connectivity index (χ0v) is 21.7. The van der Waals surface area contributed by atoms with Gasteiger partial charge in [0.2, 0.25) is 0 Å². The number of anilines is 1. The number of para-hydroxylation sites is 1. The van der Waals surface area contributed by atoms with Crippen molar-refractivity contribution >= 4 is 28.7 Å². The first-order valence-electron chi connectivity index (χ1n) is 12.6. The van der Waals surface area contributed by atoms with E-state index in [1.807, 2.05) is 42.6 Å². The lowest BCUT2D eigenvalue weighted by molar-refractivity contribution is 0.0828. The molecular weight excluding hydrogens is 482 g/mol. The highest BCUT2D eigenvalue weighted by Gasteiger charge is 2.29. The number of ether oxygens (including phenoxy) is 1. The Hall–Kier alpha value is -4.37. The fourth-order valence-corrected chi connectivity index (χ4v) is 4.98. The number of aliphatic hydroxyl groups is 1. The van der Waals surface area contributed by atoms with Crippen molar-refractivity contribution in [2.24, 2.45) is 0 Å². The number of urea groups is 1. The lowest BCUT2D eigenvalue weighted by atomic mass is 9.99. The molecule has 5 rings (SSSR count). The minimum atomic E-state index is -0.320. The molecule has 3 N–H and O–H groups in total. The molecule has 9 nitrogen and oxygen atoms in total. The van der Waals surface area contributed by atoms with Crippen LogP contribution in [-0.4, -0.2) is 77.2 Å². The minimum absolute atomic E-state index is 0.0820. The molecule has 4 aromatic rings. The summed E-state index contributed by atoms with van der Waals surface area (Å²) in [5.74, 6) is 0.534. The second-order valence-corrected chi connectivity index (χ2v) is 9.58. The molecule has 1 aliphatic heterocycles. The number of aromatic amines is 1. The number of carbonyl (C=O) groups is 2. The summed E-state index contributed by atoms with van der Waals surface area (Å²) in [6.07, 6.45) is 5.28. The predicted molar refractivity (Wildman–Crippen MR) is 147 cm³/mol. The summed E-state index contributed by atoms with van der Waals surface area (Å²) in [6.45, 7) is 0.490. The number of fused-ring (bicyclic) bond motifs is 1. The summed E-state index contributed by atoms with van der Waals surface area (Å²) in [6, 6.07) is 14.7. The molecule has 1 saturated heterocycles. The smallest absolute Gasteiger partial charge is 0.322 e. The number of aromatic nitrogens is 2. The lowest BCUT2D eigenvalue weighted by Gasteiger charge is -2.24. The average Bonchev–Trinajstić information content (AvgIpc) is 3.59. The van der Waals surface area contributed by atoms with Crippen LogP contribution in [0.25, 0.3) is 33.3 Å². The van der Waals surface area contributed by atoms with E-state index in [0.29, 0.717) is 17.8 Å². The quantitative estimate of drug-likeness (QED) is 0.349. The Balaban J connectivity index is 1.53. The van der Waals surface area contributed by atoms with Gasteiger partial charge in [-0.15, -0.1) is 0 Å². The first-order chi connectivity index (χ1) is 18.4. The van der Waals surface area contributed by atoms with E-state index in [2.05, 4.69) is 15.3 Å². The van der Waals surface area contributed by atoms with Gasteiger partial charge in [-0.05, 0) is 42.7 Å². The molecule has 1 fully saturated rings. The van der Waals surface area contributed by atoms with E-state index < -0.39 is 0 Å². The summed E-state index contributed by atoms with van der Waals surface area (Å²) in [5, 5.41) is 13.4. The summed E-state index contributed by atoms with van der Waals surface area (Å²) in [7, 11) is 5.00. The molecule has 3 heterocycles. The third kappa shape index (κ3) is 4.68. The van der Waals surface area contributed by atoms with Gasteiger partial charge in [0.05, 0.1) is 31.0 Å². The Labute approximate surface area is 221 Å². The minimum Gasteiger partial charge on any atom is -0.496 e. The summed E-state index contributed by atoms with van der Waals surface area (Å²) < 4.78 is 5.56. The van der Waals surface area contributed by atoms with Gasteiger partial charge in [-0.1, -0.05) is 24.3 Å². The van der Waals surface area contributed by atoms with Gasteiger partial charge in [-0.3, -0.25) is 4.79 Å². The Bertz CT molecular complexity index is 1500. The molecular formula is C29H31N5O4. The predicted octanol–water partition coefficient (Wildman–Crippen LogP) is 4.60. The van der Waals surface area contributed by atoms with Gasteiger partial charge in [0.25, 0.3) is 5.91 Å². The van der Waals surface area contributed by atoms with E-state index >= 15 is 0 Å². The fraction of sp³-hybridized carbons (Fsp3) is 0.276. The number of rotatable bonds is 6. The molecule has 1 aliphatic rings. The molecule has 2 aromatic heterocycles. The lowest BCUT2D eigenvalue weighted by Crippen LogP contribution is -2.40. The highest BCUT2D eigenvalue weighted by molar-refractivity contribution is 6.05. The molecule has 9 heteroatoms. The fourth-order valence-electron chi connectivity index (χ4n) is 4.98. The van der Waals surface area contributed by atoms with Crippen LogP contribution in [0.4, 0.5) is 10.5 Å². The number of methoxy groups -OCH3 is 1. The van der Waals surface area contributed by atoms with Crippen molar-refractivity contribution < 1.29 is 19.4 Å². The molecule has 196 valence electrons. The van der Waals surface area contributed by atoms with E-state index in [1.54, 1.807) is 44.4 Å². The zero-order valence-electron chi connectivity index (χ0n) is 21.7. The van der Waals surface area contributed by atoms with Gasteiger partial charge < -0.3 is 29.9 Å². The van der Waals surface area contributed by atoms with E-state index in [-0.39, 0.29) is 24.6 Å². The second-order valence-electron chi connectivity index (χ2n) is 9.58. The van der Waals surface area contributed by atoms with Crippen molar-refractivity contribution in [3.8, 4) is 28.0 Å². The number of likely N-dealkylation sites (tertiary alicyclic amines) is 1. The molecule has 0 spiro atoms. The van der Waals surface area contributed by atoms with Crippen molar-refractivity contribution in [3.05, 3.63) is 66.5 Å². The maximum Gasteiger partial charge on any atom is 0.322 e. The highest BCUT2D eigenvalue weighted by Crippen LogP contribution is 2.36. The van der Waals surface area contributed by atoms with E-state index in [4.69, 9.17) is 4.74 Å². The third-order valence-corrected chi connectivity index (χ3v) is 7.01. The molecule has 0 bridgehead atoms. The second kappa shape index (κ2) is 10.5. The van der Waals surface area contributed by atoms with Gasteiger partial charge in [-0.25, -0.2) is 9.78 Å². The van der Waals surface area contributed by atoms with E-state index in [0.717, 1.165) is 51.9 Å². The molecule has 0 radical (unpaired) electrons. The molecule has 0 aliphatic carbocycles. The topological polar surface area (TPSA) is 111 Å². The van der Waals surface area contributed by atoms with Crippen molar-refractivity contribution in [2.45, 2.75) is 18.9 Å². The molecule has 3 amide bonds. The molecule has 0 saturated carbocycles. The maximum absolute atomic E-state index is 13.1. The van der Waals surface area contributed by atoms with Crippen LogP contribution in [0.15, 0.2) is 60.9 Å². The number of hydrogen-bond donors (Lipinski definition) is 3. The molecule has 0 unspecified atom stereocenters. The van der Waals surface area contributed by atoms with Crippen LogP contribution in [0.2, 0.25) is 0 Å². The Morgan fingerprint density at radius 2 is 1.97 bits per heavy atom. The highest BCUT2D eigenvalue weighted by atomic mass is 16.5. The van der Waals surface area contributed by atoms with Crippen molar-refractivity contribution in [3.63, 3.8) is 0 Å². The summed E-state index contributed by atoms with van der Waals surface area (Å²) >= 11 is 0. The Kier molecular flexibility index (Phi) is 7.02. The third-order valence-electron chi connectivity index (χ3n) is 7.01. The van der Waals surface area contributed by atoms with Crippen LogP contribution in [0.1, 0.15) is 23.2 Å². The van der Waals surface area contributed by atoms with Gasteiger partial charge in [0.15, 0.2) is 0 Å². The summed E-state index contributed by atoms with van der Waals surface area (Å²) in [4.78, 5) is 37.1. The first-order valence-corrected chi connectivity index (χ1v) is 12.6.